The number of nitrogens with zero attached hydrogens (tertiary/aromatic N) is 2. The molecule has 0 atom stereocenters. The molecular formula is C21H20N4O4. The van der Waals surface area contributed by atoms with E-state index in [-0.39, 0.29) is 11.5 Å². The average Bonchev–Trinajstić information content (AvgIpc) is 2.74. The highest BCUT2D eigenvalue weighted by Gasteiger charge is 2.12. The third kappa shape index (κ3) is 4.86. The van der Waals surface area contributed by atoms with E-state index in [1.54, 1.807) is 56.7 Å². The molecule has 3 aromatic rings. The minimum absolute atomic E-state index is 0.0805. The summed E-state index contributed by atoms with van der Waals surface area (Å²) < 4.78 is 10.5. The molecule has 0 spiro atoms. The van der Waals surface area contributed by atoms with Crippen LogP contribution >= 0.6 is 0 Å². The van der Waals surface area contributed by atoms with Gasteiger partial charge in [-0.25, -0.2) is 9.97 Å². The third-order valence-corrected chi connectivity index (χ3v) is 4.10. The molecule has 2 aromatic carbocycles. The number of benzene rings is 2. The summed E-state index contributed by atoms with van der Waals surface area (Å²) in [5, 5.41) is 5.83. The lowest BCUT2D eigenvalue weighted by Crippen LogP contribution is -2.14. The van der Waals surface area contributed by atoms with Gasteiger partial charge in [0, 0.05) is 23.4 Å². The molecule has 0 aliphatic carbocycles. The fourth-order valence-electron chi connectivity index (χ4n) is 2.60. The summed E-state index contributed by atoms with van der Waals surface area (Å²) >= 11 is 0. The van der Waals surface area contributed by atoms with Gasteiger partial charge in [-0.05, 0) is 31.2 Å². The van der Waals surface area contributed by atoms with Crippen LogP contribution in [0.1, 0.15) is 27.8 Å². The van der Waals surface area contributed by atoms with Crippen molar-refractivity contribution in [1.82, 2.24) is 9.97 Å². The number of Topliss-reactive ketones (excluding diaryl/α,β-unsaturated/α-hetero) is 1. The van der Waals surface area contributed by atoms with Crippen LogP contribution in [0.15, 0.2) is 54.9 Å². The molecule has 148 valence electrons. The number of carbonyl (C=O) groups excluding carboxylic acids is 2. The van der Waals surface area contributed by atoms with Gasteiger partial charge >= 0.3 is 0 Å². The second kappa shape index (κ2) is 8.83. The average molecular weight is 392 g/mol. The van der Waals surface area contributed by atoms with Crippen LogP contribution in [-0.2, 0) is 0 Å². The van der Waals surface area contributed by atoms with E-state index in [9.17, 15) is 9.59 Å². The molecule has 0 fully saturated rings. The topological polar surface area (TPSA) is 102 Å². The van der Waals surface area contributed by atoms with Gasteiger partial charge in [-0.3, -0.25) is 9.59 Å². The Morgan fingerprint density at radius 1 is 0.966 bits per heavy atom. The lowest BCUT2D eigenvalue weighted by Gasteiger charge is -2.12. The molecule has 1 amide bonds. The second-order valence-electron chi connectivity index (χ2n) is 6.07. The number of rotatable bonds is 7. The summed E-state index contributed by atoms with van der Waals surface area (Å²) in [4.78, 5) is 32.2. The zero-order chi connectivity index (χ0) is 20.8. The number of amides is 1. The Balaban J connectivity index is 1.78. The highest BCUT2D eigenvalue weighted by atomic mass is 16.5. The number of anilines is 3. The molecule has 0 unspecified atom stereocenters. The maximum atomic E-state index is 12.6. The molecule has 1 aromatic heterocycles. The lowest BCUT2D eigenvalue weighted by atomic mass is 10.1. The normalized spacial score (nSPS) is 10.2. The Hall–Kier alpha value is -3.94. The third-order valence-electron chi connectivity index (χ3n) is 4.10. The molecule has 0 radical (unpaired) electrons. The predicted octanol–water partition coefficient (Wildman–Crippen LogP) is 3.69. The minimum atomic E-state index is -0.419. The quantitative estimate of drug-likeness (QED) is 0.591. The highest BCUT2D eigenvalue weighted by molar-refractivity contribution is 6.04. The van der Waals surface area contributed by atoms with Crippen LogP contribution in [0.3, 0.4) is 0 Å². The molecular weight excluding hydrogens is 372 g/mol. The molecule has 0 saturated heterocycles. The van der Waals surface area contributed by atoms with Crippen LogP contribution in [0.4, 0.5) is 17.2 Å². The maximum absolute atomic E-state index is 12.6. The molecule has 8 heteroatoms. The van der Waals surface area contributed by atoms with E-state index in [0.29, 0.717) is 34.3 Å². The summed E-state index contributed by atoms with van der Waals surface area (Å²) in [6, 6.07) is 13.5. The largest absolute Gasteiger partial charge is 0.497 e. The van der Waals surface area contributed by atoms with Crippen LogP contribution in [0.25, 0.3) is 0 Å². The van der Waals surface area contributed by atoms with Crippen molar-refractivity contribution in [2.75, 3.05) is 24.9 Å². The molecule has 29 heavy (non-hydrogen) atoms. The minimum Gasteiger partial charge on any atom is -0.497 e. The zero-order valence-electron chi connectivity index (χ0n) is 16.2. The first-order valence-corrected chi connectivity index (χ1v) is 8.73. The molecule has 0 aliphatic rings. The first-order valence-electron chi connectivity index (χ1n) is 8.73. The van der Waals surface area contributed by atoms with Gasteiger partial charge < -0.3 is 20.1 Å². The van der Waals surface area contributed by atoms with Gasteiger partial charge in [-0.2, -0.15) is 0 Å². The number of hydrogen-bond donors (Lipinski definition) is 2. The Labute approximate surface area is 167 Å². The van der Waals surface area contributed by atoms with Gasteiger partial charge in [0.2, 0.25) is 0 Å². The summed E-state index contributed by atoms with van der Waals surface area (Å²) in [7, 11) is 3.12. The number of carbonyl (C=O) groups is 2. The van der Waals surface area contributed by atoms with Gasteiger partial charge in [-0.1, -0.05) is 12.1 Å². The second-order valence-corrected chi connectivity index (χ2v) is 6.07. The molecule has 2 N–H and O–H groups in total. The summed E-state index contributed by atoms with van der Waals surface area (Å²) in [5.74, 6) is 1.14. The monoisotopic (exact) mass is 392 g/mol. The zero-order valence-corrected chi connectivity index (χ0v) is 16.2. The fraction of sp³-hybridized carbons (Fsp3) is 0.143. The van der Waals surface area contributed by atoms with Crippen molar-refractivity contribution in [2.45, 2.75) is 6.92 Å². The van der Waals surface area contributed by atoms with Crippen molar-refractivity contribution in [3.63, 3.8) is 0 Å². The number of hydrogen-bond acceptors (Lipinski definition) is 7. The summed E-state index contributed by atoms with van der Waals surface area (Å²) in [5.41, 5.74) is 1.85. The molecule has 0 bridgehead atoms. The van der Waals surface area contributed by atoms with E-state index in [0.717, 1.165) is 0 Å². The number of ketones is 1. The van der Waals surface area contributed by atoms with Crippen LogP contribution in [0.5, 0.6) is 11.5 Å². The molecule has 0 saturated carbocycles. The van der Waals surface area contributed by atoms with Crippen LogP contribution in [0, 0.1) is 0 Å². The van der Waals surface area contributed by atoms with E-state index < -0.39 is 5.91 Å². The SMILES string of the molecule is COc1ccc(Nc2cc(C(=O)Nc3cccc(C(C)=O)c3)ncn2)c(OC)c1. The Kier molecular flexibility index (Phi) is 6.03. The van der Waals surface area contributed by atoms with Gasteiger partial charge in [0.15, 0.2) is 5.78 Å². The number of ether oxygens (including phenoxy) is 2. The van der Waals surface area contributed by atoms with E-state index in [1.165, 1.54) is 19.3 Å². The Morgan fingerprint density at radius 3 is 2.52 bits per heavy atom. The summed E-state index contributed by atoms with van der Waals surface area (Å²) in [6.07, 6.45) is 1.29. The Bertz CT molecular complexity index is 1050. The molecule has 3 rings (SSSR count). The first kappa shape index (κ1) is 19.8. The molecule has 1 heterocycles. The van der Waals surface area contributed by atoms with Crippen molar-refractivity contribution in [3.05, 3.63) is 66.1 Å². The van der Waals surface area contributed by atoms with Crippen LogP contribution in [-0.4, -0.2) is 35.9 Å². The fourth-order valence-corrected chi connectivity index (χ4v) is 2.60. The molecule has 8 nitrogen and oxygen atoms in total. The lowest BCUT2D eigenvalue weighted by molar-refractivity contribution is 0.100. The number of methoxy groups -OCH3 is 2. The Morgan fingerprint density at radius 2 is 1.79 bits per heavy atom. The first-order chi connectivity index (χ1) is 14.0. The van der Waals surface area contributed by atoms with E-state index >= 15 is 0 Å². The van der Waals surface area contributed by atoms with E-state index in [2.05, 4.69) is 20.6 Å². The van der Waals surface area contributed by atoms with E-state index in [1.807, 2.05) is 0 Å². The highest BCUT2D eigenvalue weighted by Crippen LogP contribution is 2.31. The van der Waals surface area contributed by atoms with Crippen molar-refractivity contribution in [1.29, 1.82) is 0 Å². The van der Waals surface area contributed by atoms with Crippen molar-refractivity contribution < 1.29 is 19.1 Å². The van der Waals surface area contributed by atoms with Crippen LogP contribution < -0.4 is 20.1 Å². The van der Waals surface area contributed by atoms with Crippen molar-refractivity contribution in [2.24, 2.45) is 0 Å². The van der Waals surface area contributed by atoms with Crippen molar-refractivity contribution in [3.8, 4) is 11.5 Å². The van der Waals surface area contributed by atoms with E-state index in [4.69, 9.17) is 9.47 Å². The van der Waals surface area contributed by atoms with Gasteiger partial charge in [0.1, 0.15) is 29.3 Å². The van der Waals surface area contributed by atoms with Crippen LogP contribution in [0.2, 0.25) is 0 Å². The molecule has 0 aliphatic heterocycles. The van der Waals surface area contributed by atoms with Gasteiger partial charge in [0.25, 0.3) is 5.91 Å². The van der Waals surface area contributed by atoms with Gasteiger partial charge in [0.05, 0.1) is 19.9 Å². The smallest absolute Gasteiger partial charge is 0.274 e. The predicted molar refractivity (Wildman–Crippen MR) is 109 cm³/mol. The standard InChI is InChI=1S/C21H20N4O4/c1-13(26)14-5-4-6-15(9-14)24-21(27)18-11-20(23-12-22-18)25-17-8-7-16(28-2)10-19(17)29-3/h4-12H,1-3H3,(H,24,27)(H,22,23,25). The summed E-state index contributed by atoms with van der Waals surface area (Å²) in [6.45, 7) is 1.47. The maximum Gasteiger partial charge on any atom is 0.274 e. The van der Waals surface area contributed by atoms with Crippen molar-refractivity contribution >= 4 is 28.9 Å². The van der Waals surface area contributed by atoms with Gasteiger partial charge in [-0.15, -0.1) is 0 Å². The number of aromatic nitrogens is 2. The number of nitrogens with one attached hydrogen (secondary N) is 2.